The van der Waals surface area contributed by atoms with Crippen molar-refractivity contribution in [3.05, 3.63) is 35.0 Å². The van der Waals surface area contributed by atoms with Gasteiger partial charge in [0, 0.05) is 74.8 Å². The van der Waals surface area contributed by atoms with Crippen molar-refractivity contribution in [1.29, 1.82) is 0 Å². The van der Waals surface area contributed by atoms with Gasteiger partial charge in [0.05, 0.1) is 22.2 Å². The molecule has 3 atom stereocenters. The van der Waals surface area contributed by atoms with Crippen molar-refractivity contribution in [2.45, 2.75) is 43.0 Å². The van der Waals surface area contributed by atoms with Gasteiger partial charge in [0.15, 0.2) is 0 Å². The highest BCUT2D eigenvalue weighted by atomic mass is 32.2. The van der Waals surface area contributed by atoms with Crippen LogP contribution in [0.2, 0.25) is 0 Å². The van der Waals surface area contributed by atoms with E-state index in [4.69, 9.17) is 14.8 Å². The Labute approximate surface area is 202 Å². The Bertz CT molecular complexity index is 1190. The number of anilines is 3. The molecule has 3 fully saturated rings. The van der Waals surface area contributed by atoms with Crippen LogP contribution in [0.1, 0.15) is 29.7 Å². The van der Waals surface area contributed by atoms with E-state index in [9.17, 15) is 4.21 Å². The molecule has 1 N–H and O–H groups in total. The number of nitrogens with zero attached hydrogens (tertiary/aromatic N) is 5. The smallest absolute Gasteiger partial charge is 0.227 e. The standard InChI is InChI=1S/C25H30N6O2S/c1-33-29-20-9-19(10-20)26-24-23-22(6-7-34(23)32)27-25(28-24)31-13-17-11-30(12-18(17)14-31)21-5-4-15-2-3-16(15)8-21/h4-5,8,17-19H,2-3,6-7,9-14H2,1H3,(H,26,27,28)/t17?,18?,19?,34-/m1/s1. The van der Waals surface area contributed by atoms with E-state index in [2.05, 4.69) is 38.5 Å². The van der Waals surface area contributed by atoms with E-state index in [0.717, 1.165) is 73.5 Å². The monoisotopic (exact) mass is 478 g/mol. The van der Waals surface area contributed by atoms with E-state index in [1.54, 1.807) is 7.11 Å². The minimum absolute atomic E-state index is 0.257. The molecule has 7 rings (SSSR count). The zero-order valence-corrected chi connectivity index (χ0v) is 20.3. The van der Waals surface area contributed by atoms with Crippen molar-refractivity contribution in [2.75, 3.05) is 54.2 Å². The van der Waals surface area contributed by atoms with Crippen LogP contribution in [0.15, 0.2) is 28.3 Å². The molecular weight excluding hydrogens is 448 g/mol. The molecule has 2 aliphatic carbocycles. The van der Waals surface area contributed by atoms with Crippen LogP contribution in [-0.4, -0.2) is 65.0 Å². The second-order valence-corrected chi connectivity index (χ2v) is 11.8. The van der Waals surface area contributed by atoms with Crippen molar-refractivity contribution in [3.8, 4) is 0 Å². The Morgan fingerprint density at radius 3 is 2.50 bits per heavy atom. The predicted octanol–water partition coefficient (Wildman–Crippen LogP) is 2.39. The van der Waals surface area contributed by atoms with Crippen LogP contribution in [0.25, 0.3) is 0 Å². The summed E-state index contributed by atoms with van der Waals surface area (Å²) in [6.07, 6.45) is 4.90. The summed E-state index contributed by atoms with van der Waals surface area (Å²) in [4.78, 5) is 20.5. The van der Waals surface area contributed by atoms with Crippen LogP contribution in [0.3, 0.4) is 0 Å². The van der Waals surface area contributed by atoms with Crippen molar-refractivity contribution in [3.63, 3.8) is 0 Å². The van der Waals surface area contributed by atoms with E-state index in [0.29, 0.717) is 17.6 Å². The quantitative estimate of drug-likeness (QED) is 0.661. The molecule has 0 amide bonds. The Hall–Kier alpha value is -2.68. The van der Waals surface area contributed by atoms with Gasteiger partial charge in [-0.1, -0.05) is 11.2 Å². The van der Waals surface area contributed by atoms with Gasteiger partial charge in [-0.05, 0) is 36.1 Å². The fraction of sp³-hybridized carbons (Fsp3) is 0.560. The van der Waals surface area contributed by atoms with Crippen LogP contribution >= 0.6 is 0 Å². The maximum absolute atomic E-state index is 12.7. The highest BCUT2D eigenvalue weighted by Crippen LogP contribution is 2.38. The molecular formula is C25H30N6O2S. The maximum atomic E-state index is 12.7. The van der Waals surface area contributed by atoms with Crippen LogP contribution in [0, 0.1) is 11.8 Å². The molecule has 0 spiro atoms. The summed E-state index contributed by atoms with van der Waals surface area (Å²) in [5, 5.41) is 7.57. The topological polar surface area (TPSA) is 82.9 Å². The van der Waals surface area contributed by atoms with Gasteiger partial charge in [-0.2, -0.15) is 4.98 Å². The Kier molecular flexibility index (Phi) is 4.82. The number of oxime groups is 1. The molecule has 8 nitrogen and oxygen atoms in total. The van der Waals surface area contributed by atoms with Crippen molar-refractivity contribution < 1.29 is 9.05 Å². The van der Waals surface area contributed by atoms with E-state index < -0.39 is 10.8 Å². The lowest BCUT2D eigenvalue weighted by molar-refractivity contribution is 0.209. The summed E-state index contributed by atoms with van der Waals surface area (Å²) in [7, 11) is 0.556. The van der Waals surface area contributed by atoms with Gasteiger partial charge in [0.1, 0.15) is 17.8 Å². The fourth-order valence-electron chi connectivity index (χ4n) is 6.18. The van der Waals surface area contributed by atoms with Crippen molar-refractivity contribution in [1.82, 2.24) is 9.97 Å². The third-order valence-electron chi connectivity index (χ3n) is 8.19. The van der Waals surface area contributed by atoms with E-state index in [1.165, 1.54) is 29.7 Å². The first-order valence-electron chi connectivity index (χ1n) is 12.4. The Morgan fingerprint density at radius 2 is 1.79 bits per heavy atom. The van der Waals surface area contributed by atoms with Gasteiger partial charge >= 0.3 is 0 Å². The number of hydrogen-bond donors (Lipinski definition) is 1. The molecule has 5 aliphatic rings. The van der Waals surface area contributed by atoms with E-state index in [1.807, 2.05) is 0 Å². The molecule has 34 heavy (non-hydrogen) atoms. The molecule has 178 valence electrons. The molecule has 9 heteroatoms. The summed E-state index contributed by atoms with van der Waals surface area (Å²) >= 11 is 0. The fourth-order valence-corrected chi connectivity index (χ4v) is 7.49. The van der Waals surface area contributed by atoms with E-state index >= 15 is 0 Å². The lowest BCUT2D eigenvalue weighted by Gasteiger charge is -2.29. The van der Waals surface area contributed by atoms with Crippen molar-refractivity contribution in [2.24, 2.45) is 17.0 Å². The zero-order chi connectivity index (χ0) is 22.8. The third-order valence-corrected chi connectivity index (χ3v) is 9.65. The Balaban J connectivity index is 1.08. The van der Waals surface area contributed by atoms with Crippen molar-refractivity contribution >= 4 is 34.0 Å². The number of nitrogens with one attached hydrogen (secondary N) is 1. The zero-order valence-electron chi connectivity index (χ0n) is 19.5. The number of hydrogen-bond acceptors (Lipinski definition) is 8. The van der Waals surface area contributed by atoms with E-state index in [-0.39, 0.29) is 6.04 Å². The predicted molar refractivity (Wildman–Crippen MR) is 133 cm³/mol. The summed E-state index contributed by atoms with van der Waals surface area (Å²) < 4.78 is 12.7. The van der Waals surface area contributed by atoms with Gasteiger partial charge in [-0.3, -0.25) is 4.21 Å². The molecule has 3 aliphatic heterocycles. The number of fused-ring (bicyclic) bond motifs is 3. The largest absolute Gasteiger partial charge is 0.399 e. The van der Waals surface area contributed by atoms with Gasteiger partial charge in [0.2, 0.25) is 5.95 Å². The summed E-state index contributed by atoms with van der Waals surface area (Å²) in [6, 6.07) is 7.29. The van der Waals surface area contributed by atoms with Crippen LogP contribution in [0.5, 0.6) is 0 Å². The molecule has 0 bridgehead atoms. The summed E-state index contributed by atoms with van der Waals surface area (Å²) in [6.45, 7) is 4.18. The first-order chi connectivity index (χ1) is 16.6. The first-order valence-corrected chi connectivity index (χ1v) is 13.7. The number of aromatic nitrogens is 2. The summed E-state index contributed by atoms with van der Waals surface area (Å²) in [5.41, 5.74) is 6.46. The Morgan fingerprint density at radius 1 is 1.03 bits per heavy atom. The molecule has 2 aromatic rings. The molecule has 1 saturated carbocycles. The average molecular weight is 479 g/mol. The van der Waals surface area contributed by atoms with Crippen LogP contribution in [-0.2, 0) is 34.9 Å². The highest BCUT2D eigenvalue weighted by Gasteiger charge is 2.42. The maximum Gasteiger partial charge on any atom is 0.227 e. The number of rotatable bonds is 5. The van der Waals surface area contributed by atoms with Gasteiger partial charge < -0.3 is 20.0 Å². The lowest BCUT2D eigenvalue weighted by Crippen LogP contribution is -2.37. The second-order valence-electron chi connectivity index (χ2n) is 10.3. The van der Waals surface area contributed by atoms with Gasteiger partial charge in [-0.15, -0.1) is 0 Å². The molecule has 1 aromatic heterocycles. The van der Waals surface area contributed by atoms with Crippen LogP contribution < -0.4 is 15.1 Å². The minimum Gasteiger partial charge on any atom is -0.399 e. The normalized spacial score (nSPS) is 28.7. The molecule has 4 heterocycles. The third kappa shape index (κ3) is 3.39. The van der Waals surface area contributed by atoms with Crippen LogP contribution in [0.4, 0.5) is 17.5 Å². The number of aryl methyl sites for hydroxylation is 3. The lowest BCUT2D eigenvalue weighted by atomic mass is 9.88. The molecule has 1 aromatic carbocycles. The second kappa shape index (κ2) is 7.93. The number of benzene rings is 1. The highest BCUT2D eigenvalue weighted by molar-refractivity contribution is 7.85. The molecule has 0 radical (unpaired) electrons. The molecule has 2 saturated heterocycles. The average Bonchev–Trinajstić information content (AvgIpc) is 3.46. The molecule has 2 unspecified atom stereocenters. The first kappa shape index (κ1) is 20.7. The minimum atomic E-state index is -1.02. The summed E-state index contributed by atoms with van der Waals surface area (Å²) in [5.74, 6) is 3.47. The van der Waals surface area contributed by atoms with Gasteiger partial charge in [0.25, 0.3) is 0 Å². The SMILES string of the molecule is CON=C1CC(Nc2nc(N3CC4CN(c5ccc6c(c5)CC6)CC4C3)nc3c2[S@](=O)CC3)C1. The van der Waals surface area contributed by atoms with Gasteiger partial charge in [-0.25, -0.2) is 4.98 Å².